The molecule has 0 aromatic heterocycles. The van der Waals surface area contributed by atoms with E-state index in [4.69, 9.17) is 0 Å². The summed E-state index contributed by atoms with van der Waals surface area (Å²) in [6, 6.07) is 4.47. The van der Waals surface area contributed by atoms with Crippen LogP contribution in [-0.2, 0) is 19.6 Å². The summed E-state index contributed by atoms with van der Waals surface area (Å²) >= 11 is 0. The number of carbonyl (C=O) groups is 2. The van der Waals surface area contributed by atoms with Gasteiger partial charge in [-0.05, 0) is 31.0 Å². The van der Waals surface area contributed by atoms with E-state index < -0.39 is 27.8 Å². The van der Waals surface area contributed by atoms with E-state index in [9.17, 15) is 22.4 Å². The minimum Gasteiger partial charge on any atom is -0.439 e. The van der Waals surface area contributed by atoms with E-state index in [1.54, 1.807) is 0 Å². The van der Waals surface area contributed by atoms with Crippen molar-refractivity contribution in [2.75, 3.05) is 19.7 Å². The molecule has 0 unspecified atom stereocenters. The lowest BCUT2D eigenvalue weighted by molar-refractivity contribution is -0.127. The number of halogens is 1. The van der Waals surface area contributed by atoms with E-state index in [1.165, 1.54) is 22.5 Å². The lowest BCUT2D eigenvalue weighted by atomic mass is 10.1. The molecule has 1 aromatic carbocycles. The normalized spacial score (nSPS) is 20.8. The number of hydrogen-bond acceptors (Lipinski definition) is 5. The van der Waals surface area contributed by atoms with Crippen LogP contribution >= 0.6 is 0 Å². The van der Waals surface area contributed by atoms with Crippen LogP contribution in [0.3, 0.4) is 0 Å². The molecule has 0 atom stereocenters. The quantitative estimate of drug-likeness (QED) is 0.817. The van der Waals surface area contributed by atoms with Crippen molar-refractivity contribution in [2.45, 2.75) is 23.8 Å². The second-order valence-electron chi connectivity index (χ2n) is 5.41. The number of carbonyl (C=O) groups excluding carboxylic acids is 2. The van der Waals surface area contributed by atoms with Gasteiger partial charge in [0.25, 0.3) is 5.91 Å². The molecule has 23 heavy (non-hydrogen) atoms. The Balaban J connectivity index is 1.71. The predicted molar refractivity (Wildman–Crippen MR) is 76.4 cm³/mol. The number of cyclic esters (lactones) is 1. The van der Waals surface area contributed by atoms with E-state index in [-0.39, 0.29) is 30.6 Å². The SMILES string of the molecule is O=C1COC(=O)N1C1CCN(S(=O)(=O)c2cccc(F)c2)CC1. The Labute approximate surface area is 132 Å². The third-order valence-corrected chi connectivity index (χ3v) is 5.90. The molecule has 2 amide bonds. The highest BCUT2D eigenvalue weighted by atomic mass is 32.2. The van der Waals surface area contributed by atoms with Crippen molar-refractivity contribution < 1.29 is 27.1 Å². The molecule has 0 aliphatic carbocycles. The van der Waals surface area contributed by atoms with Crippen LogP contribution in [0, 0.1) is 5.82 Å². The van der Waals surface area contributed by atoms with Crippen molar-refractivity contribution in [3.8, 4) is 0 Å². The molecular weight excluding hydrogens is 327 g/mol. The van der Waals surface area contributed by atoms with E-state index in [0.29, 0.717) is 12.8 Å². The number of ether oxygens (including phenoxy) is 1. The van der Waals surface area contributed by atoms with E-state index in [0.717, 1.165) is 11.0 Å². The van der Waals surface area contributed by atoms with Gasteiger partial charge in [-0.1, -0.05) is 6.07 Å². The Hall–Kier alpha value is -2.00. The zero-order valence-corrected chi connectivity index (χ0v) is 13.0. The molecule has 0 saturated carbocycles. The van der Waals surface area contributed by atoms with Crippen molar-refractivity contribution >= 4 is 22.0 Å². The van der Waals surface area contributed by atoms with Crippen LogP contribution in [-0.4, -0.2) is 55.4 Å². The Morgan fingerprint density at radius 2 is 1.87 bits per heavy atom. The maximum absolute atomic E-state index is 13.2. The number of amides is 2. The number of benzene rings is 1. The zero-order chi connectivity index (χ0) is 16.6. The molecule has 0 bridgehead atoms. The molecule has 2 aliphatic rings. The van der Waals surface area contributed by atoms with Crippen molar-refractivity contribution in [1.82, 2.24) is 9.21 Å². The number of imide groups is 1. The Morgan fingerprint density at radius 3 is 2.43 bits per heavy atom. The standard InChI is InChI=1S/C14H15FN2O5S/c15-10-2-1-3-12(8-10)23(20,21)16-6-4-11(5-7-16)17-13(18)9-22-14(17)19/h1-3,8,11H,4-7,9H2. The minimum atomic E-state index is -3.78. The van der Waals surface area contributed by atoms with Gasteiger partial charge < -0.3 is 4.74 Å². The van der Waals surface area contributed by atoms with Crippen LogP contribution in [0.15, 0.2) is 29.2 Å². The zero-order valence-electron chi connectivity index (χ0n) is 12.1. The lowest BCUT2D eigenvalue weighted by Gasteiger charge is -2.33. The van der Waals surface area contributed by atoms with Crippen LogP contribution in [0.25, 0.3) is 0 Å². The van der Waals surface area contributed by atoms with Crippen LogP contribution in [0.1, 0.15) is 12.8 Å². The first-order chi connectivity index (χ1) is 10.9. The average molecular weight is 342 g/mol. The van der Waals surface area contributed by atoms with E-state index in [1.807, 2.05) is 0 Å². The monoisotopic (exact) mass is 342 g/mol. The molecule has 0 spiro atoms. The first-order valence-electron chi connectivity index (χ1n) is 7.14. The van der Waals surface area contributed by atoms with Crippen LogP contribution in [0.5, 0.6) is 0 Å². The fraction of sp³-hybridized carbons (Fsp3) is 0.429. The Bertz CT molecular complexity index is 727. The second-order valence-corrected chi connectivity index (χ2v) is 7.35. The molecule has 3 rings (SSSR count). The summed E-state index contributed by atoms with van der Waals surface area (Å²) in [6.45, 7) is 0.0434. The van der Waals surface area contributed by atoms with Gasteiger partial charge in [0, 0.05) is 19.1 Å². The van der Waals surface area contributed by atoms with Crippen LogP contribution in [0.2, 0.25) is 0 Å². The van der Waals surface area contributed by atoms with E-state index >= 15 is 0 Å². The number of rotatable bonds is 3. The van der Waals surface area contributed by atoms with Gasteiger partial charge in [-0.3, -0.25) is 4.79 Å². The van der Waals surface area contributed by atoms with Crippen LogP contribution < -0.4 is 0 Å². The van der Waals surface area contributed by atoms with Gasteiger partial charge in [0.15, 0.2) is 6.61 Å². The highest BCUT2D eigenvalue weighted by molar-refractivity contribution is 7.89. The van der Waals surface area contributed by atoms with Crippen molar-refractivity contribution in [3.63, 3.8) is 0 Å². The smallest absolute Gasteiger partial charge is 0.417 e. The topological polar surface area (TPSA) is 84.0 Å². The summed E-state index contributed by atoms with van der Waals surface area (Å²) in [5, 5.41) is 0. The lowest BCUT2D eigenvalue weighted by Crippen LogP contribution is -2.48. The molecule has 0 N–H and O–H groups in total. The molecule has 2 heterocycles. The molecule has 124 valence electrons. The first-order valence-corrected chi connectivity index (χ1v) is 8.58. The number of nitrogens with zero attached hydrogens (tertiary/aromatic N) is 2. The molecule has 1 aromatic rings. The molecule has 0 radical (unpaired) electrons. The van der Waals surface area contributed by atoms with Crippen LogP contribution in [0.4, 0.5) is 9.18 Å². The third kappa shape index (κ3) is 2.93. The fourth-order valence-corrected chi connectivity index (χ4v) is 4.34. The molecular formula is C14H15FN2O5S. The number of piperidine rings is 1. The van der Waals surface area contributed by atoms with Crippen molar-refractivity contribution in [2.24, 2.45) is 0 Å². The maximum atomic E-state index is 13.2. The Morgan fingerprint density at radius 1 is 1.17 bits per heavy atom. The summed E-state index contributed by atoms with van der Waals surface area (Å²) in [5.74, 6) is -1.02. The molecule has 7 nitrogen and oxygen atoms in total. The van der Waals surface area contributed by atoms with Crippen molar-refractivity contribution in [3.05, 3.63) is 30.1 Å². The van der Waals surface area contributed by atoms with Gasteiger partial charge in [0.2, 0.25) is 10.0 Å². The third-order valence-electron chi connectivity index (χ3n) is 4.01. The van der Waals surface area contributed by atoms with E-state index in [2.05, 4.69) is 4.74 Å². The van der Waals surface area contributed by atoms with Gasteiger partial charge in [-0.15, -0.1) is 0 Å². The highest BCUT2D eigenvalue weighted by Crippen LogP contribution is 2.25. The van der Waals surface area contributed by atoms with Gasteiger partial charge in [0.05, 0.1) is 4.90 Å². The highest BCUT2D eigenvalue weighted by Gasteiger charge is 2.40. The fourth-order valence-electron chi connectivity index (χ4n) is 2.83. The molecule has 2 aliphatic heterocycles. The van der Waals surface area contributed by atoms with Gasteiger partial charge in [-0.2, -0.15) is 4.31 Å². The van der Waals surface area contributed by atoms with Gasteiger partial charge >= 0.3 is 6.09 Å². The maximum Gasteiger partial charge on any atom is 0.417 e. The number of sulfonamides is 1. The summed E-state index contributed by atoms with van der Waals surface area (Å²) in [7, 11) is -3.78. The van der Waals surface area contributed by atoms with Gasteiger partial charge in [-0.25, -0.2) is 22.5 Å². The molecule has 9 heteroatoms. The molecule has 2 fully saturated rings. The summed E-state index contributed by atoms with van der Waals surface area (Å²) in [4.78, 5) is 24.1. The Kier molecular flexibility index (Phi) is 4.07. The summed E-state index contributed by atoms with van der Waals surface area (Å²) < 4.78 is 44.1. The first kappa shape index (κ1) is 15.9. The summed E-state index contributed by atoms with van der Waals surface area (Å²) in [6.07, 6.45) is -0.0217. The average Bonchev–Trinajstić information content (AvgIpc) is 2.86. The summed E-state index contributed by atoms with van der Waals surface area (Å²) in [5.41, 5.74) is 0. The second kappa shape index (κ2) is 5.89. The van der Waals surface area contributed by atoms with Crippen molar-refractivity contribution in [1.29, 1.82) is 0 Å². The predicted octanol–water partition coefficient (Wildman–Crippen LogP) is 0.958. The number of hydrogen-bond donors (Lipinski definition) is 0. The minimum absolute atomic E-state index is 0.104. The van der Waals surface area contributed by atoms with Gasteiger partial charge in [0.1, 0.15) is 5.82 Å². The molecule has 2 saturated heterocycles. The largest absolute Gasteiger partial charge is 0.439 e.